The smallest absolute Gasteiger partial charge is 0.287 e. The minimum absolute atomic E-state index is 0.205. The lowest BCUT2D eigenvalue weighted by molar-refractivity contribution is 0.00157. The average molecular weight is 268 g/mol. The number of hydrogen-bond acceptors (Lipinski definition) is 6. The summed E-state index contributed by atoms with van der Waals surface area (Å²) in [6.07, 6.45) is 2.49. The first-order valence-electron chi connectivity index (χ1n) is 6.53. The molecule has 1 saturated heterocycles. The summed E-state index contributed by atoms with van der Waals surface area (Å²) in [4.78, 5) is 13.5. The Bertz CT molecular complexity index is 419. The third-order valence-corrected chi connectivity index (χ3v) is 3.17. The van der Waals surface area contributed by atoms with E-state index in [0.717, 1.165) is 32.5 Å². The van der Waals surface area contributed by atoms with Gasteiger partial charge in [-0.05, 0) is 26.3 Å². The zero-order chi connectivity index (χ0) is 13.7. The maximum atomic E-state index is 11.3. The van der Waals surface area contributed by atoms with Gasteiger partial charge in [0.15, 0.2) is 11.5 Å². The standard InChI is InChI=1S/C12H20N4O3/c1-2-18-9-4-3-5-16(7-9)8-10-6-11(15-19-10)12(17)14-13/h6,9H,2-5,7-8,13H2,1H3,(H,14,17). The number of piperidine rings is 1. The molecule has 1 atom stereocenters. The van der Waals surface area contributed by atoms with Crippen molar-refractivity contribution in [1.82, 2.24) is 15.5 Å². The number of rotatable bonds is 5. The molecule has 7 heteroatoms. The van der Waals surface area contributed by atoms with Gasteiger partial charge in [0.1, 0.15) is 0 Å². The number of hydrogen-bond donors (Lipinski definition) is 2. The highest BCUT2D eigenvalue weighted by molar-refractivity contribution is 5.91. The molecule has 0 aliphatic carbocycles. The molecule has 0 spiro atoms. The Labute approximate surface area is 112 Å². The van der Waals surface area contributed by atoms with Crippen LogP contribution in [-0.2, 0) is 11.3 Å². The van der Waals surface area contributed by atoms with E-state index >= 15 is 0 Å². The summed E-state index contributed by atoms with van der Waals surface area (Å²) in [6.45, 7) is 5.26. The van der Waals surface area contributed by atoms with Crippen molar-refractivity contribution in [2.45, 2.75) is 32.4 Å². The number of ether oxygens (including phenoxy) is 1. The first-order valence-corrected chi connectivity index (χ1v) is 6.53. The van der Waals surface area contributed by atoms with Gasteiger partial charge in [-0.25, -0.2) is 5.84 Å². The van der Waals surface area contributed by atoms with Crippen LogP contribution >= 0.6 is 0 Å². The van der Waals surface area contributed by atoms with Crippen LogP contribution in [-0.4, -0.2) is 41.8 Å². The zero-order valence-corrected chi connectivity index (χ0v) is 11.1. The van der Waals surface area contributed by atoms with Gasteiger partial charge in [0.05, 0.1) is 12.6 Å². The zero-order valence-electron chi connectivity index (χ0n) is 11.1. The molecule has 1 amide bonds. The Kier molecular flexibility index (Phi) is 4.89. The number of nitrogen functional groups attached to an aromatic ring is 1. The largest absolute Gasteiger partial charge is 0.377 e. The van der Waals surface area contributed by atoms with Crippen LogP contribution < -0.4 is 11.3 Å². The summed E-state index contributed by atoms with van der Waals surface area (Å²) in [5, 5.41) is 3.68. The molecule has 1 aromatic heterocycles. The van der Waals surface area contributed by atoms with Crippen molar-refractivity contribution in [3.8, 4) is 0 Å². The number of nitrogens with two attached hydrogens (primary N) is 1. The van der Waals surface area contributed by atoms with Gasteiger partial charge in [-0.1, -0.05) is 5.16 Å². The Morgan fingerprint density at radius 3 is 3.32 bits per heavy atom. The van der Waals surface area contributed by atoms with Gasteiger partial charge in [-0.3, -0.25) is 15.1 Å². The van der Waals surface area contributed by atoms with Crippen LogP contribution in [0.5, 0.6) is 0 Å². The predicted molar refractivity (Wildman–Crippen MR) is 68.1 cm³/mol. The van der Waals surface area contributed by atoms with E-state index in [4.69, 9.17) is 15.1 Å². The van der Waals surface area contributed by atoms with Crippen LogP contribution in [0.3, 0.4) is 0 Å². The third kappa shape index (κ3) is 3.76. The number of amides is 1. The molecule has 1 aliphatic heterocycles. The first-order chi connectivity index (χ1) is 9.22. The van der Waals surface area contributed by atoms with E-state index < -0.39 is 5.91 Å². The van der Waals surface area contributed by atoms with Gasteiger partial charge < -0.3 is 9.26 Å². The number of aromatic nitrogens is 1. The van der Waals surface area contributed by atoms with E-state index in [1.807, 2.05) is 12.3 Å². The molecule has 0 bridgehead atoms. The Hall–Kier alpha value is -1.44. The summed E-state index contributed by atoms with van der Waals surface area (Å²) >= 11 is 0. The van der Waals surface area contributed by atoms with Crippen LogP contribution in [0, 0.1) is 0 Å². The lowest BCUT2D eigenvalue weighted by atomic mass is 10.1. The molecule has 0 radical (unpaired) electrons. The van der Waals surface area contributed by atoms with E-state index in [-0.39, 0.29) is 11.8 Å². The van der Waals surface area contributed by atoms with E-state index in [1.54, 1.807) is 6.07 Å². The van der Waals surface area contributed by atoms with Crippen molar-refractivity contribution in [3.63, 3.8) is 0 Å². The fraction of sp³-hybridized carbons (Fsp3) is 0.667. The number of likely N-dealkylation sites (tertiary alicyclic amines) is 1. The van der Waals surface area contributed by atoms with Crippen LogP contribution in [0.1, 0.15) is 36.0 Å². The highest BCUT2D eigenvalue weighted by atomic mass is 16.5. The Morgan fingerprint density at radius 1 is 1.74 bits per heavy atom. The molecule has 106 valence electrons. The predicted octanol–water partition coefficient (Wildman–Crippen LogP) is 0.279. The summed E-state index contributed by atoms with van der Waals surface area (Å²) in [6, 6.07) is 1.62. The van der Waals surface area contributed by atoms with E-state index in [1.165, 1.54) is 0 Å². The van der Waals surface area contributed by atoms with Crippen molar-refractivity contribution in [2.75, 3.05) is 19.7 Å². The molecule has 7 nitrogen and oxygen atoms in total. The minimum Gasteiger partial charge on any atom is -0.377 e. The fourth-order valence-corrected chi connectivity index (χ4v) is 2.32. The van der Waals surface area contributed by atoms with Crippen LogP contribution in [0.25, 0.3) is 0 Å². The topological polar surface area (TPSA) is 93.6 Å². The van der Waals surface area contributed by atoms with Crippen LogP contribution in [0.4, 0.5) is 0 Å². The second-order valence-corrected chi connectivity index (χ2v) is 4.61. The molecule has 1 fully saturated rings. The van der Waals surface area contributed by atoms with Gasteiger partial charge in [-0.2, -0.15) is 0 Å². The van der Waals surface area contributed by atoms with Gasteiger partial charge in [-0.15, -0.1) is 0 Å². The molecule has 2 heterocycles. The monoisotopic (exact) mass is 268 g/mol. The molecule has 2 rings (SSSR count). The quantitative estimate of drug-likeness (QED) is 0.452. The Balaban J connectivity index is 1.89. The molecule has 0 saturated carbocycles. The number of carbonyl (C=O) groups excluding carboxylic acids is 1. The van der Waals surface area contributed by atoms with Crippen molar-refractivity contribution in [2.24, 2.45) is 5.84 Å². The summed E-state index contributed by atoms with van der Waals surface area (Å²) < 4.78 is 10.8. The molecule has 1 aromatic rings. The molecule has 3 N–H and O–H groups in total. The maximum absolute atomic E-state index is 11.3. The number of nitrogens with one attached hydrogen (secondary N) is 1. The minimum atomic E-state index is -0.444. The van der Waals surface area contributed by atoms with E-state index in [9.17, 15) is 4.79 Å². The van der Waals surface area contributed by atoms with Crippen molar-refractivity contribution >= 4 is 5.91 Å². The van der Waals surface area contributed by atoms with Crippen LogP contribution in [0.15, 0.2) is 10.6 Å². The highest BCUT2D eigenvalue weighted by Crippen LogP contribution is 2.16. The Morgan fingerprint density at radius 2 is 2.58 bits per heavy atom. The van der Waals surface area contributed by atoms with Crippen molar-refractivity contribution in [3.05, 3.63) is 17.5 Å². The highest BCUT2D eigenvalue weighted by Gasteiger charge is 2.21. The lowest BCUT2D eigenvalue weighted by Crippen LogP contribution is -2.39. The summed E-state index contributed by atoms with van der Waals surface area (Å²) in [5.41, 5.74) is 2.23. The maximum Gasteiger partial charge on any atom is 0.287 e. The number of hydrazine groups is 1. The SMILES string of the molecule is CCOC1CCCN(Cc2cc(C(=O)NN)no2)C1. The van der Waals surface area contributed by atoms with Gasteiger partial charge >= 0.3 is 0 Å². The van der Waals surface area contributed by atoms with E-state index in [0.29, 0.717) is 12.3 Å². The van der Waals surface area contributed by atoms with Gasteiger partial charge in [0.2, 0.25) is 0 Å². The lowest BCUT2D eigenvalue weighted by Gasteiger charge is -2.31. The van der Waals surface area contributed by atoms with Crippen LogP contribution in [0.2, 0.25) is 0 Å². The number of carbonyl (C=O) groups is 1. The number of nitrogens with zero attached hydrogens (tertiary/aromatic N) is 2. The molecular weight excluding hydrogens is 248 g/mol. The summed E-state index contributed by atoms with van der Waals surface area (Å²) in [7, 11) is 0. The molecule has 1 aliphatic rings. The van der Waals surface area contributed by atoms with Crippen molar-refractivity contribution < 1.29 is 14.1 Å². The first kappa shape index (κ1) is 14.0. The molecular formula is C12H20N4O3. The molecule has 0 aromatic carbocycles. The normalized spacial score (nSPS) is 20.4. The average Bonchev–Trinajstić information content (AvgIpc) is 2.87. The van der Waals surface area contributed by atoms with Crippen molar-refractivity contribution in [1.29, 1.82) is 0 Å². The van der Waals surface area contributed by atoms with Gasteiger partial charge in [0.25, 0.3) is 5.91 Å². The second kappa shape index (κ2) is 6.65. The van der Waals surface area contributed by atoms with E-state index in [2.05, 4.69) is 10.1 Å². The van der Waals surface area contributed by atoms with Gasteiger partial charge in [0, 0.05) is 19.2 Å². The molecule has 1 unspecified atom stereocenters. The molecule has 19 heavy (non-hydrogen) atoms. The summed E-state index contributed by atoms with van der Waals surface area (Å²) in [5.74, 6) is 5.26. The fourth-order valence-electron chi connectivity index (χ4n) is 2.32. The third-order valence-electron chi connectivity index (χ3n) is 3.17. The second-order valence-electron chi connectivity index (χ2n) is 4.61.